The number of pyridine rings is 2. The van der Waals surface area contributed by atoms with Gasteiger partial charge in [-0.1, -0.05) is 24.9 Å². The Morgan fingerprint density at radius 2 is 2.21 bits per heavy atom. The summed E-state index contributed by atoms with van der Waals surface area (Å²) in [6, 6.07) is 6.94. The molecule has 0 spiro atoms. The van der Waals surface area contributed by atoms with E-state index in [-0.39, 0.29) is 5.76 Å². The molecule has 2 aromatic heterocycles. The monoisotopic (exact) mass is 434 g/mol. The van der Waals surface area contributed by atoms with Crippen LogP contribution in [0.3, 0.4) is 0 Å². The zero-order valence-corrected chi connectivity index (χ0v) is 17.3. The van der Waals surface area contributed by atoms with E-state index in [1.165, 1.54) is 16.7 Å². The largest absolute Gasteiger partial charge is 0.486 e. The number of amides is 2. The van der Waals surface area contributed by atoms with Crippen molar-refractivity contribution in [2.24, 2.45) is 0 Å². The van der Waals surface area contributed by atoms with Crippen molar-refractivity contribution in [1.82, 2.24) is 15.3 Å². The molecule has 2 aliphatic heterocycles. The van der Waals surface area contributed by atoms with Crippen molar-refractivity contribution in [2.75, 3.05) is 23.8 Å². The van der Waals surface area contributed by atoms with Crippen LogP contribution >= 0.6 is 23.4 Å². The van der Waals surface area contributed by atoms with Crippen LogP contribution in [-0.2, 0) is 14.3 Å². The number of nitrogens with zero attached hydrogens (tertiary/aromatic N) is 3. The van der Waals surface area contributed by atoms with Crippen molar-refractivity contribution in [3.05, 3.63) is 40.1 Å². The number of carbonyl (C=O) groups excluding carboxylic acids is 2. The van der Waals surface area contributed by atoms with Crippen LogP contribution in [0.1, 0.15) is 19.8 Å². The Morgan fingerprint density at radius 1 is 1.38 bits per heavy atom. The number of ether oxygens (including phenoxy) is 2. The Labute approximate surface area is 176 Å². The van der Waals surface area contributed by atoms with E-state index in [1.54, 1.807) is 24.3 Å². The molecule has 2 aliphatic rings. The first-order valence-corrected chi connectivity index (χ1v) is 10.7. The summed E-state index contributed by atoms with van der Waals surface area (Å²) in [5.41, 5.74) is 0.396. The van der Waals surface area contributed by atoms with Crippen molar-refractivity contribution >= 4 is 52.2 Å². The van der Waals surface area contributed by atoms with E-state index in [0.717, 1.165) is 18.2 Å². The van der Waals surface area contributed by atoms with E-state index < -0.39 is 18.2 Å². The van der Waals surface area contributed by atoms with Crippen molar-refractivity contribution < 1.29 is 19.1 Å². The summed E-state index contributed by atoms with van der Waals surface area (Å²) < 4.78 is 11.2. The van der Waals surface area contributed by atoms with Crippen molar-refractivity contribution in [3.63, 3.8) is 0 Å². The molecule has 0 saturated carbocycles. The molecule has 0 saturated heterocycles. The average molecular weight is 435 g/mol. The lowest BCUT2D eigenvalue weighted by molar-refractivity contribution is -0.118. The summed E-state index contributed by atoms with van der Waals surface area (Å²) in [4.78, 5) is 35.9. The van der Waals surface area contributed by atoms with E-state index in [4.69, 9.17) is 21.1 Å². The molecule has 0 radical (unpaired) electrons. The van der Waals surface area contributed by atoms with Crippen LogP contribution in [-0.4, -0.2) is 47.1 Å². The summed E-state index contributed by atoms with van der Waals surface area (Å²) in [6.07, 6.45) is 0.258. The Bertz CT molecular complexity index is 999. The molecule has 0 aliphatic carbocycles. The summed E-state index contributed by atoms with van der Waals surface area (Å²) in [6.45, 7) is 2.95. The quantitative estimate of drug-likeness (QED) is 0.568. The van der Waals surface area contributed by atoms with E-state index >= 15 is 0 Å². The number of anilines is 1. The fourth-order valence-corrected chi connectivity index (χ4v) is 4.16. The lowest BCUT2D eigenvalue weighted by Gasteiger charge is -2.25. The number of hydrogen-bond donors (Lipinski definition) is 1. The van der Waals surface area contributed by atoms with E-state index in [9.17, 15) is 9.59 Å². The van der Waals surface area contributed by atoms with Gasteiger partial charge in [-0.05, 0) is 30.7 Å². The Morgan fingerprint density at radius 3 is 3.03 bits per heavy atom. The zero-order valence-electron chi connectivity index (χ0n) is 15.7. The lowest BCUT2D eigenvalue weighted by atomic mass is 10.3. The maximum Gasteiger partial charge on any atom is 0.409 e. The Balaban J connectivity index is 1.66. The molecule has 1 atom stereocenters. The number of nitrogens with one attached hydrogen (secondary N) is 1. The molecule has 1 N–H and O–H groups in total. The minimum Gasteiger partial charge on any atom is -0.486 e. The van der Waals surface area contributed by atoms with E-state index in [1.807, 2.05) is 6.92 Å². The van der Waals surface area contributed by atoms with Crippen LogP contribution < -0.4 is 10.2 Å². The molecule has 8 nitrogen and oxygen atoms in total. The molecule has 0 aromatic carbocycles. The minimum atomic E-state index is -0.937. The molecule has 1 unspecified atom stereocenters. The number of aromatic nitrogens is 2. The fourth-order valence-electron chi connectivity index (χ4n) is 3.06. The van der Waals surface area contributed by atoms with E-state index in [0.29, 0.717) is 40.4 Å². The van der Waals surface area contributed by atoms with Gasteiger partial charge in [0.05, 0.1) is 11.5 Å². The summed E-state index contributed by atoms with van der Waals surface area (Å²) in [5.74, 6) is 0.780. The number of carbonyl (C=O) groups is 2. The number of unbranched alkanes of at least 4 members (excludes halogenated alkanes) is 1. The first kappa shape index (κ1) is 19.8. The van der Waals surface area contributed by atoms with Gasteiger partial charge >= 0.3 is 6.09 Å². The molecule has 4 rings (SSSR count). The average Bonchev–Trinajstić information content (AvgIpc) is 2.99. The number of rotatable bonds is 5. The first-order chi connectivity index (χ1) is 14.1. The van der Waals surface area contributed by atoms with Gasteiger partial charge in [0.15, 0.2) is 11.4 Å². The summed E-state index contributed by atoms with van der Waals surface area (Å²) in [7, 11) is 0. The first-order valence-electron chi connectivity index (χ1n) is 9.29. The predicted molar refractivity (Wildman–Crippen MR) is 111 cm³/mol. The highest BCUT2D eigenvalue weighted by atomic mass is 35.5. The second-order valence-electron chi connectivity index (χ2n) is 6.45. The molecular weight excluding hydrogens is 416 g/mol. The molecular formula is C19H19ClN4O4S. The third-order valence-corrected chi connectivity index (χ3v) is 5.73. The van der Waals surface area contributed by atoms with Gasteiger partial charge in [0.25, 0.3) is 5.91 Å². The van der Waals surface area contributed by atoms with E-state index in [2.05, 4.69) is 15.3 Å². The van der Waals surface area contributed by atoms with Crippen LogP contribution in [0.25, 0.3) is 11.0 Å². The van der Waals surface area contributed by atoms with Gasteiger partial charge in [-0.2, -0.15) is 0 Å². The molecule has 2 aromatic rings. The second kappa shape index (κ2) is 8.46. The van der Waals surface area contributed by atoms with Crippen molar-refractivity contribution in [3.8, 4) is 0 Å². The number of thioether (sulfide) groups is 1. The Kier molecular flexibility index (Phi) is 5.77. The number of fused-ring (bicyclic) bond motifs is 1. The standard InChI is InChI=1S/C19H19ClN4O4S/c1-2-3-8-21-19(26)28-18-15-14(27-9-10-29-15)17(25)24(18)13-7-5-11-4-6-12(20)22-16(11)23-13/h4-7,18H,2-3,8-10H2,1H3,(H,21,26). The molecule has 4 heterocycles. The normalized spacial score (nSPS) is 18.6. The van der Waals surface area contributed by atoms with Gasteiger partial charge in [-0.25, -0.2) is 19.7 Å². The van der Waals surface area contributed by atoms with Crippen LogP contribution in [0.15, 0.2) is 34.9 Å². The van der Waals surface area contributed by atoms with Gasteiger partial charge in [0.2, 0.25) is 6.23 Å². The highest BCUT2D eigenvalue weighted by molar-refractivity contribution is 8.03. The van der Waals surface area contributed by atoms with Gasteiger partial charge in [0, 0.05) is 17.7 Å². The van der Waals surface area contributed by atoms with Crippen LogP contribution in [0.2, 0.25) is 5.15 Å². The minimum absolute atomic E-state index is 0.202. The zero-order chi connectivity index (χ0) is 20.4. The van der Waals surface area contributed by atoms with Crippen molar-refractivity contribution in [1.29, 1.82) is 0 Å². The topological polar surface area (TPSA) is 93.6 Å². The number of halogens is 1. The van der Waals surface area contributed by atoms with Gasteiger partial charge in [-0.15, -0.1) is 11.8 Å². The van der Waals surface area contributed by atoms with Crippen LogP contribution in [0.5, 0.6) is 0 Å². The molecule has 0 bridgehead atoms. The highest BCUT2D eigenvalue weighted by Crippen LogP contribution is 2.40. The predicted octanol–water partition coefficient (Wildman–Crippen LogP) is 3.46. The second-order valence-corrected chi connectivity index (χ2v) is 7.98. The van der Waals surface area contributed by atoms with Crippen LogP contribution in [0.4, 0.5) is 10.6 Å². The Hall–Kier alpha value is -2.52. The maximum absolute atomic E-state index is 13.0. The molecule has 152 valence electrons. The number of hydrogen-bond acceptors (Lipinski definition) is 7. The SMILES string of the molecule is CCCCNC(=O)OC1C2=C(OCCS2)C(=O)N1c1ccc2ccc(Cl)nc2n1. The highest BCUT2D eigenvalue weighted by Gasteiger charge is 2.46. The smallest absolute Gasteiger partial charge is 0.409 e. The molecule has 2 amide bonds. The maximum atomic E-state index is 13.0. The third kappa shape index (κ3) is 3.97. The fraction of sp³-hybridized carbons (Fsp3) is 0.368. The molecule has 29 heavy (non-hydrogen) atoms. The summed E-state index contributed by atoms with van der Waals surface area (Å²) in [5, 5.41) is 3.79. The van der Waals surface area contributed by atoms with Crippen molar-refractivity contribution in [2.45, 2.75) is 26.0 Å². The number of alkyl carbamates (subject to hydrolysis) is 1. The van der Waals surface area contributed by atoms with Gasteiger partial charge in [-0.3, -0.25) is 4.79 Å². The molecule has 0 fully saturated rings. The van der Waals surface area contributed by atoms with Gasteiger partial charge < -0.3 is 14.8 Å². The summed E-state index contributed by atoms with van der Waals surface area (Å²) >= 11 is 7.42. The lowest BCUT2D eigenvalue weighted by Crippen LogP contribution is -2.41. The molecule has 10 heteroatoms. The van der Waals surface area contributed by atoms with Crippen LogP contribution in [0, 0.1) is 0 Å². The van der Waals surface area contributed by atoms with Gasteiger partial charge in [0.1, 0.15) is 11.0 Å². The third-order valence-electron chi connectivity index (χ3n) is 4.45.